The summed E-state index contributed by atoms with van der Waals surface area (Å²) in [5.74, 6) is -0.838. The molecule has 0 amide bonds. The van der Waals surface area contributed by atoms with Crippen LogP contribution in [-0.2, 0) is 10.0 Å². The van der Waals surface area contributed by atoms with E-state index in [1.165, 1.54) is 16.5 Å². The highest BCUT2D eigenvalue weighted by atomic mass is 32.2. The van der Waals surface area contributed by atoms with E-state index < -0.39 is 21.7 Å². The van der Waals surface area contributed by atoms with Crippen LogP contribution in [0.3, 0.4) is 0 Å². The molecule has 0 N–H and O–H groups in total. The summed E-state index contributed by atoms with van der Waals surface area (Å²) < 4.78 is 56.0. The highest BCUT2D eigenvalue weighted by Gasteiger charge is 2.39. The molecule has 0 bridgehead atoms. The van der Waals surface area contributed by atoms with Crippen LogP contribution in [-0.4, -0.2) is 41.1 Å². The Kier molecular flexibility index (Phi) is 5.38. The maximum Gasteiger partial charge on any atom is 0.234 e. The van der Waals surface area contributed by atoms with E-state index in [0.29, 0.717) is 12.1 Å². The van der Waals surface area contributed by atoms with Crippen LogP contribution in [0.25, 0.3) is 0 Å². The topological polar surface area (TPSA) is 43.9 Å². The second-order valence-electron chi connectivity index (χ2n) is 8.69. The number of nitrogens with zero attached hydrogens (tertiary/aromatic N) is 3. The minimum absolute atomic E-state index is 0.234. The van der Waals surface area contributed by atoms with Crippen LogP contribution in [0.1, 0.15) is 56.6 Å². The van der Waals surface area contributed by atoms with Crippen molar-refractivity contribution < 1.29 is 17.2 Å². The van der Waals surface area contributed by atoms with Crippen molar-refractivity contribution in [2.45, 2.75) is 56.2 Å². The van der Waals surface area contributed by atoms with Crippen LogP contribution in [0.2, 0.25) is 0 Å². The fraction of sp³-hybridized carbons (Fsp3) is 0.478. The zero-order chi connectivity index (χ0) is 21.6. The van der Waals surface area contributed by atoms with Crippen molar-refractivity contribution in [3.05, 3.63) is 71.2 Å². The molecule has 0 aromatic heterocycles. The normalized spacial score (nSPS) is 25.0. The molecule has 0 spiro atoms. The van der Waals surface area contributed by atoms with E-state index in [4.69, 9.17) is 0 Å². The summed E-state index contributed by atoms with van der Waals surface area (Å²) in [5.41, 5.74) is 2.07. The largest absolute Gasteiger partial charge is 0.364 e. The van der Waals surface area contributed by atoms with Gasteiger partial charge in [-0.15, -0.1) is 4.41 Å². The van der Waals surface area contributed by atoms with Crippen LogP contribution >= 0.6 is 0 Å². The van der Waals surface area contributed by atoms with Crippen molar-refractivity contribution in [1.82, 2.24) is 14.3 Å². The number of rotatable bonds is 4. The lowest BCUT2D eigenvalue weighted by molar-refractivity contribution is 0.200. The Bertz CT molecular complexity index is 1060. The maximum atomic E-state index is 14.4. The molecule has 4 aliphatic rings. The molecule has 0 radical (unpaired) electrons. The summed E-state index contributed by atoms with van der Waals surface area (Å²) in [6.07, 6.45) is 13.6. The molecule has 1 atom stereocenters. The standard InChI is InChI=1S/C23H27F2N3O2S/c24-17-8-9-22(25)21(15-17)23-7-4-12-26(23)18-10-13-27-19(16-18)11-14-28(27)31(29,30)20-5-2-1-3-6-20/h8-11,13,15-16,20,23H,1-7,12,14H2/t23-/m1/s1. The van der Waals surface area contributed by atoms with Gasteiger partial charge in [0, 0.05) is 24.0 Å². The Balaban J connectivity index is 1.37. The monoisotopic (exact) mass is 447 g/mol. The Labute approximate surface area is 182 Å². The van der Waals surface area contributed by atoms with Gasteiger partial charge in [0.15, 0.2) is 0 Å². The molecule has 1 aromatic carbocycles. The van der Waals surface area contributed by atoms with Crippen molar-refractivity contribution in [2.75, 3.05) is 13.1 Å². The average Bonchev–Trinajstić information content (AvgIpc) is 3.43. The van der Waals surface area contributed by atoms with Crippen LogP contribution in [0.4, 0.5) is 8.78 Å². The Morgan fingerprint density at radius 2 is 1.77 bits per heavy atom. The van der Waals surface area contributed by atoms with E-state index in [2.05, 4.69) is 4.90 Å². The van der Waals surface area contributed by atoms with Crippen molar-refractivity contribution >= 4 is 10.0 Å². The van der Waals surface area contributed by atoms with E-state index in [1.54, 1.807) is 11.2 Å². The molecule has 0 unspecified atom stereocenters. The van der Waals surface area contributed by atoms with E-state index in [9.17, 15) is 17.2 Å². The number of hydrogen-bond acceptors (Lipinski definition) is 4. The first-order valence-electron chi connectivity index (χ1n) is 11.1. The summed E-state index contributed by atoms with van der Waals surface area (Å²) >= 11 is 0. The average molecular weight is 448 g/mol. The fourth-order valence-corrected chi connectivity index (χ4v) is 7.17. The third-order valence-electron chi connectivity index (χ3n) is 6.81. The molecular formula is C23H27F2N3O2S. The molecule has 1 saturated carbocycles. The molecule has 5 nitrogen and oxygen atoms in total. The van der Waals surface area contributed by atoms with Gasteiger partial charge in [0.2, 0.25) is 10.0 Å². The molecule has 1 aliphatic carbocycles. The second-order valence-corrected chi connectivity index (χ2v) is 10.8. The first-order chi connectivity index (χ1) is 14.9. The third kappa shape index (κ3) is 3.69. The van der Waals surface area contributed by atoms with Crippen molar-refractivity contribution in [3.8, 4) is 0 Å². The lowest BCUT2D eigenvalue weighted by Crippen LogP contribution is -2.45. The van der Waals surface area contributed by atoms with Gasteiger partial charge in [0.05, 0.1) is 23.5 Å². The summed E-state index contributed by atoms with van der Waals surface area (Å²) in [7, 11) is -3.41. The summed E-state index contributed by atoms with van der Waals surface area (Å²) in [6.45, 7) is 1.07. The van der Waals surface area contributed by atoms with Gasteiger partial charge in [0.1, 0.15) is 11.6 Å². The van der Waals surface area contributed by atoms with E-state index in [0.717, 1.165) is 69.0 Å². The summed E-state index contributed by atoms with van der Waals surface area (Å²) in [6, 6.07) is 3.37. The maximum absolute atomic E-state index is 14.4. The van der Waals surface area contributed by atoms with Crippen LogP contribution < -0.4 is 0 Å². The van der Waals surface area contributed by atoms with Gasteiger partial charge in [-0.25, -0.2) is 17.2 Å². The molecule has 1 aromatic rings. The van der Waals surface area contributed by atoms with E-state index >= 15 is 0 Å². The van der Waals surface area contributed by atoms with Gasteiger partial charge in [0.25, 0.3) is 0 Å². The number of hydrazine groups is 1. The number of likely N-dealkylation sites (tertiary alicyclic amines) is 1. The first-order valence-corrected chi connectivity index (χ1v) is 12.6. The number of allylic oxidation sites excluding steroid dienone is 2. The minimum Gasteiger partial charge on any atom is -0.364 e. The number of hydrogen-bond donors (Lipinski definition) is 0. The Hall–Kier alpha value is -2.19. The van der Waals surface area contributed by atoms with E-state index in [1.807, 2.05) is 18.2 Å². The lowest BCUT2D eigenvalue weighted by atomic mass is 10.0. The van der Waals surface area contributed by atoms with E-state index in [-0.39, 0.29) is 11.3 Å². The van der Waals surface area contributed by atoms with Gasteiger partial charge in [-0.2, -0.15) is 0 Å². The highest BCUT2D eigenvalue weighted by Crippen LogP contribution is 2.39. The van der Waals surface area contributed by atoms with Gasteiger partial charge in [-0.3, -0.25) is 5.01 Å². The first kappa shape index (κ1) is 20.7. The fourth-order valence-electron chi connectivity index (χ4n) is 5.22. The molecule has 3 heterocycles. The third-order valence-corrected chi connectivity index (χ3v) is 9.04. The molecule has 31 heavy (non-hydrogen) atoms. The highest BCUT2D eigenvalue weighted by molar-refractivity contribution is 7.89. The summed E-state index contributed by atoms with van der Waals surface area (Å²) in [4.78, 5) is 2.09. The molecule has 166 valence electrons. The molecule has 8 heteroatoms. The number of benzene rings is 1. The zero-order valence-corrected chi connectivity index (χ0v) is 18.2. The quantitative estimate of drug-likeness (QED) is 0.677. The predicted molar refractivity (Wildman–Crippen MR) is 115 cm³/mol. The minimum atomic E-state index is -3.41. The predicted octanol–water partition coefficient (Wildman–Crippen LogP) is 4.59. The molecule has 5 rings (SSSR count). The molecule has 2 fully saturated rings. The SMILES string of the molecule is O=S(=O)(C1CCCCC1)N1CC=C2C=C(N3CCC[C@@H]3c3cc(F)ccc3F)C=CN21. The van der Waals surface area contributed by atoms with Gasteiger partial charge < -0.3 is 4.90 Å². The van der Waals surface area contributed by atoms with Gasteiger partial charge in [-0.05, 0) is 62.1 Å². The molecule has 3 aliphatic heterocycles. The van der Waals surface area contributed by atoms with Crippen molar-refractivity contribution in [1.29, 1.82) is 0 Å². The lowest BCUT2D eigenvalue weighted by Gasteiger charge is -2.36. The van der Waals surface area contributed by atoms with Crippen LogP contribution in [0.5, 0.6) is 0 Å². The smallest absolute Gasteiger partial charge is 0.234 e. The number of fused-ring (bicyclic) bond motifs is 1. The zero-order valence-electron chi connectivity index (χ0n) is 17.4. The van der Waals surface area contributed by atoms with Crippen LogP contribution in [0, 0.1) is 11.6 Å². The second kappa shape index (κ2) is 8.06. The van der Waals surface area contributed by atoms with Crippen LogP contribution in [0.15, 0.2) is 54.0 Å². The van der Waals surface area contributed by atoms with Crippen molar-refractivity contribution in [3.63, 3.8) is 0 Å². The number of sulfonamides is 1. The summed E-state index contributed by atoms with van der Waals surface area (Å²) in [5, 5.41) is 1.40. The molecule has 1 saturated heterocycles. The van der Waals surface area contributed by atoms with Gasteiger partial charge >= 0.3 is 0 Å². The molecular weight excluding hydrogens is 420 g/mol. The van der Waals surface area contributed by atoms with Crippen molar-refractivity contribution in [2.24, 2.45) is 0 Å². The Morgan fingerprint density at radius 3 is 2.58 bits per heavy atom. The van der Waals surface area contributed by atoms with Gasteiger partial charge in [-0.1, -0.05) is 19.3 Å². The Morgan fingerprint density at radius 1 is 0.968 bits per heavy atom. The number of halogens is 2.